The van der Waals surface area contributed by atoms with Crippen molar-refractivity contribution in [2.75, 3.05) is 6.61 Å². The number of esters is 1. The summed E-state index contributed by atoms with van der Waals surface area (Å²) in [6, 6.07) is 17.5. The van der Waals surface area contributed by atoms with Crippen molar-refractivity contribution >= 4 is 44.8 Å². The van der Waals surface area contributed by atoms with E-state index in [0.29, 0.717) is 11.7 Å². The number of thiocarbonyl (C=S) groups is 1. The van der Waals surface area contributed by atoms with Gasteiger partial charge >= 0.3 is 5.97 Å². The minimum Gasteiger partial charge on any atom is -0.487 e. The first-order valence-electron chi connectivity index (χ1n) is 8.39. The summed E-state index contributed by atoms with van der Waals surface area (Å²) in [4.78, 5) is 17.0. The van der Waals surface area contributed by atoms with Crippen LogP contribution >= 0.6 is 23.6 Å². The average molecular weight is 386 g/mol. The molecule has 0 radical (unpaired) electrons. The van der Waals surface area contributed by atoms with E-state index in [1.54, 1.807) is 0 Å². The largest absolute Gasteiger partial charge is 0.487 e. The first-order valence-corrected chi connectivity index (χ1v) is 9.61. The van der Waals surface area contributed by atoms with Gasteiger partial charge in [-0.3, -0.25) is 4.79 Å². The van der Waals surface area contributed by atoms with Gasteiger partial charge in [-0.15, -0.1) is 11.3 Å². The van der Waals surface area contributed by atoms with Crippen LogP contribution in [0.2, 0.25) is 0 Å². The number of nitrogens with zero attached hydrogens (tertiary/aromatic N) is 1. The molecule has 1 unspecified atom stereocenters. The monoisotopic (exact) mass is 385 g/mol. The molecular formula is C20H19NO3S2. The number of rotatable bonds is 7. The Hall–Kier alpha value is -2.31. The molecule has 1 atom stereocenters. The highest BCUT2D eigenvalue weighted by molar-refractivity contribution is 7.80. The summed E-state index contributed by atoms with van der Waals surface area (Å²) in [6.45, 7) is 2.57. The number of aromatic nitrogens is 1. The van der Waals surface area contributed by atoms with Crippen LogP contribution in [-0.4, -0.2) is 22.6 Å². The molecule has 6 heteroatoms. The van der Waals surface area contributed by atoms with Crippen LogP contribution in [0.15, 0.2) is 54.6 Å². The number of ether oxygens (including phenoxy) is 2. The molecule has 1 heterocycles. The number of benzene rings is 2. The Labute approximate surface area is 161 Å². The van der Waals surface area contributed by atoms with Gasteiger partial charge in [-0.05, 0) is 36.8 Å². The summed E-state index contributed by atoms with van der Waals surface area (Å²) in [7, 11) is 0. The lowest BCUT2D eigenvalue weighted by atomic mass is 10.1. The smallest absolute Gasteiger partial charge is 0.307 e. The number of para-hydroxylation sites is 1. The SMILES string of the molecule is CCOC(=S)C(CC(=O)OCc1ccccc1)c1nc2ccccc2s1. The van der Waals surface area contributed by atoms with Crippen molar-refractivity contribution in [3.8, 4) is 0 Å². The standard InChI is InChI=1S/C20H19NO3S2/c1-2-23-20(25)15(19-21-16-10-6-7-11-17(16)26-19)12-18(22)24-13-14-8-4-3-5-9-14/h3-11,15H,2,12-13H2,1H3. The number of carbonyl (C=O) groups excluding carboxylic acids is 1. The van der Waals surface area contributed by atoms with E-state index in [9.17, 15) is 4.79 Å². The summed E-state index contributed by atoms with van der Waals surface area (Å²) in [5.74, 6) is -0.703. The highest BCUT2D eigenvalue weighted by atomic mass is 32.1. The van der Waals surface area contributed by atoms with Crippen LogP contribution in [0.5, 0.6) is 0 Å². The maximum Gasteiger partial charge on any atom is 0.307 e. The van der Waals surface area contributed by atoms with Crippen molar-refractivity contribution in [1.82, 2.24) is 4.98 Å². The van der Waals surface area contributed by atoms with E-state index in [0.717, 1.165) is 20.8 Å². The predicted octanol–water partition coefficient (Wildman–Crippen LogP) is 4.88. The number of thiazole rings is 1. The number of carbonyl (C=O) groups is 1. The van der Waals surface area contributed by atoms with Crippen LogP contribution in [0.3, 0.4) is 0 Å². The van der Waals surface area contributed by atoms with Crippen LogP contribution in [0, 0.1) is 0 Å². The van der Waals surface area contributed by atoms with Gasteiger partial charge in [0.1, 0.15) is 11.6 Å². The average Bonchev–Trinajstić information content (AvgIpc) is 3.09. The molecule has 26 heavy (non-hydrogen) atoms. The van der Waals surface area contributed by atoms with Crippen LogP contribution in [0.25, 0.3) is 10.2 Å². The number of hydrogen-bond acceptors (Lipinski definition) is 6. The molecule has 0 aliphatic heterocycles. The predicted molar refractivity (Wildman–Crippen MR) is 107 cm³/mol. The lowest BCUT2D eigenvalue weighted by Gasteiger charge is -2.15. The summed E-state index contributed by atoms with van der Waals surface area (Å²) in [5, 5.41) is 1.16. The maximum absolute atomic E-state index is 12.4. The van der Waals surface area contributed by atoms with Crippen molar-refractivity contribution < 1.29 is 14.3 Å². The molecule has 2 aromatic carbocycles. The van der Waals surface area contributed by atoms with Crippen molar-refractivity contribution in [1.29, 1.82) is 0 Å². The van der Waals surface area contributed by atoms with E-state index >= 15 is 0 Å². The Morgan fingerprint density at radius 1 is 1.12 bits per heavy atom. The Bertz CT molecular complexity index is 859. The third-order valence-corrected chi connectivity index (χ3v) is 5.35. The first-order chi connectivity index (χ1) is 12.7. The van der Waals surface area contributed by atoms with Crippen molar-refractivity contribution in [2.45, 2.75) is 25.9 Å². The molecule has 0 aliphatic carbocycles. The van der Waals surface area contributed by atoms with E-state index in [1.165, 1.54) is 11.3 Å². The van der Waals surface area contributed by atoms with E-state index < -0.39 is 0 Å². The van der Waals surface area contributed by atoms with E-state index in [1.807, 2.05) is 61.5 Å². The lowest BCUT2D eigenvalue weighted by Crippen LogP contribution is -2.19. The fourth-order valence-electron chi connectivity index (χ4n) is 2.52. The molecule has 4 nitrogen and oxygen atoms in total. The number of fused-ring (bicyclic) bond motifs is 1. The highest BCUT2D eigenvalue weighted by Gasteiger charge is 2.26. The molecule has 0 amide bonds. The Morgan fingerprint density at radius 3 is 2.58 bits per heavy atom. The van der Waals surface area contributed by atoms with Gasteiger partial charge in [0, 0.05) is 0 Å². The molecular weight excluding hydrogens is 366 g/mol. The fourth-order valence-corrected chi connectivity index (χ4v) is 3.97. The van der Waals surface area contributed by atoms with Crippen LogP contribution in [-0.2, 0) is 20.9 Å². The summed E-state index contributed by atoms with van der Waals surface area (Å²) in [6.07, 6.45) is 0.117. The fraction of sp³-hybridized carbons (Fsp3) is 0.250. The van der Waals surface area contributed by atoms with Gasteiger partial charge in [-0.2, -0.15) is 0 Å². The van der Waals surface area contributed by atoms with Gasteiger partial charge in [0.2, 0.25) is 0 Å². The van der Waals surface area contributed by atoms with Crippen LogP contribution in [0.1, 0.15) is 29.8 Å². The first kappa shape index (κ1) is 18.5. The van der Waals surface area contributed by atoms with Gasteiger partial charge in [0.15, 0.2) is 5.05 Å². The summed E-state index contributed by atoms with van der Waals surface area (Å²) in [5.41, 5.74) is 1.85. The zero-order chi connectivity index (χ0) is 18.4. The Morgan fingerprint density at radius 2 is 1.85 bits per heavy atom. The van der Waals surface area contributed by atoms with Gasteiger partial charge in [0.05, 0.1) is 29.2 Å². The normalized spacial score (nSPS) is 11.9. The molecule has 0 N–H and O–H groups in total. The zero-order valence-corrected chi connectivity index (χ0v) is 16.0. The third-order valence-electron chi connectivity index (χ3n) is 3.79. The zero-order valence-electron chi connectivity index (χ0n) is 14.4. The minimum absolute atomic E-state index is 0.117. The molecule has 1 aromatic heterocycles. The molecule has 3 rings (SSSR count). The third kappa shape index (κ3) is 4.65. The van der Waals surface area contributed by atoms with Crippen LogP contribution in [0.4, 0.5) is 0 Å². The molecule has 0 fully saturated rings. The van der Waals surface area contributed by atoms with Crippen molar-refractivity contribution in [3.63, 3.8) is 0 Å². The molecule has 0 spiro atoms. The van der Waals surface area contributed by atoms with Gasteiger partial charge in [-0.1, -0.05) is 42.5 Å². The maximum atomic E-state index is 12.4. The van der Waals surface area contributed by atoms with Gasteiger partial charge in [0.25, 0.3) is 0 Å². The van der Waals surface area contributed by atoms with Crippen molar-refractivity contribution in [3.05, 3.63) is 65.2 Å². The second-order valence-corrected chi connectivity index (χ2v) is 7.14. The quantitative estimate of drug-likeness (QED) is 0.429. The molecule has 134 valence electrons. The van der Waals surface area contributed by atoms with Gasteiger partial charge < -0.3 is 9.47 Å². The second kappa shape index (κ2) is 8.87. The second-order valence-electron chi connectivity index (χ2n) is 5.67. The Kier molecular flexibility index (Phi) is 6.30. The lowest BCUT2D eigenvalue weighted by molar-refractivity contribution is -0.145. The van der Waals surface area contributed by atoms with Crippen LogP contribution < -0.4 is 0 Å². The number of hydrogen-bond donors (Lipinski definition) is 0. The van der Waals surface area contributed by atoms with Gasteiger partial charge in [-0.25, -0.2) is 4.98 Å². The van der Waals surface area contributed by atoms with Crippen molar-refractivity contribution in [2.24, 2.45) is 0 Å². The summed E-state index contributed by atoms with van der Waals surface area (Å²) < 4.78 is 12.0. The summed E-state index contributed by atoms with van der Waals surface area (Å²) >= 11 is 6.92. The molecule has 3 aromatic rings. The molecule has 0 aliphatic rings. The molecule has 0 saturated heterocycles. The highest BCUT2D eigenvalue weighted by Crippen LogP contribution is 2.31. The Balaban J connectivity index is 1.73. The molecule has 0 saturated carbocycles. The van der Waals surface area contributed by atoms with E-state index in [-0.39, 0.29) is 24.9 Å². The minimum atomic E-state index is -0.384. The topological polar surface area (TPSA) is 48.4 Å². The van der Waals surface area contributed by atoms with E-state index in [4.69, 9.17) is 21.7 Å². The molecule has 0 bridgehead atoms. The van der Waals surface area contributed by atoms with E-state index in [2.05, 4.69) is 4.98 Å².